The van der Waals surface area contributed by atoms with Crippen LogP contribution in [-0.2, 0) is 6.54 Å². The maximum absolute atomic E-state index is 9.31. The second kappa shape index (κ2) is 4.67. The van der Waals surface area contributed by atoms with E-state index in [0.29, 0.717) is 11.8 Å². The van der Waals surface area contributed by atoms with Gasteiger partial charge in [0, 0.05) is 12.6 Å². The molecule has 1 saturated carbocycles. The average molecular weight is 205 g/mol. The van der Waals surface area contributed by atoms with Crippen LogP contribution in [0.3, 0.4) is 0 Å². The topological polar surface area (TPSA) is 32.3 Å². The van der Waals surface area contributed by atoms with Crippen molar-refractivity contribution in [3.05, 3.63) is 29.8 Å². The molecule has 1 aliphatic carbocycles. The van der Waals surface area contributed by atoms with Crippen LogP contribution < -0.4 is 5.32 Å². The minimum absolute atomic E-state index is 0.351. The summed E-state index contributed by atoms with van der Waals surface area (Å²) in [6.07, 6.45) is 4.12. The van der Waals surface area contributed by atoms with E-state index in [1.54, 1.807) is 6.07 Å². The molecule has 0 aliphatic heterocycles. The first-order valence-corrected chi connectivity index (χ1v) is 5.75. The van der Waals surface area contributed by atoms with Crippen molar-refractivity contribution in [2.45, 2.75) is 38.8 Å². The van der Waals surface area contributed by atoms with Crippen LogP contribution in [0.2, 0.25) is 0 Å². The smallest absolute Gasteiger partial charge is 0.115 e. The molecule has 0 amide bonds. The third-order valence-electron chi connectivity index (χ3n) is 2.95. The fourth-order valence-electron chi connectivity index (χ4n) is 1.90. The fraction of sp³-hybridized carbons (Fsp3) is 0.538. The van der Waals surface area contributed by atoms with Crippen LogP contribution in [0.15, 0.2) is 24.3 Å². The Morgan fingerprint density at radius 2 is 2.27 bits per heavy atom. The molecule has 2 N–H and O–H groups in total. The van der Waals surface area contributed by atoms with E-state index in [2.05, 4.69) is 12.2 Å². The highest BCUT2D eigenvalue weighted by molar-refractivity contribution is 5.26. The van der Waals surface area contributed by atoms with E-state index in [0.717, 1.165) is 18.0 Å². The van der Waals surface area contributed by atoms with Gasteiger partial charge in [0.1, 0.15) is 5.75 Å². The van der Waals surface area contributed by atoms with Crippen LogP contribution in [0.5, 0.6) is 5.75 Å². The van der Waals surface area contributed by atoms with Crippen molar-refractivity contribution in [2.24, 2.45) is 5.92 Å². The fourth-order valence-corrected chi connectivity index (χ4v) is 1.90. The molecule has 2 rings (SSSR count). The molecule has 15 heavy (non-hydrogen) atoms. The van der Waals surface area contributed by atoms with E-state index < -0.39 is 0 Å². The quantitative estimate of drug-likeness (QED) is 0.774. The normalized spacial score (nSPS) is 17.7. The number of phenolic OH excluding ortho intramolecular Hbond substituents is 1. The SMILES string of the molecule is CC(CC1CC1)NCc1cccc(O)c1. The molecule has 82 valence electrons. The zero-order valence-corrected chi connectivity index (χ0v) is 9.24. The molecule has 0 spiro atoms. The van der Waals surface area contributed by atoms with Gasteiger partial charge in [-0.1, -0.05) is 25.0 Å². The van der Waals surface area contributed by atoms with E-state index in [1.807, 2.05) is 18.2 Å². The van der Waals surface area contributed by atoms with E-state index in [-0.39, 0.29) is 0 Å². The largest absolute Gasteiger partial charge is 0.508 e. The Labute approximate surface area is 91.3 Å². The molecule has 1 unspecified atom stereocenters. The van der Waals surface area contributed by atoms with Crippen molar-refractivity contribution in [3.8, 4) is 5.75 Å². The van der Waals surface area contributed by atoms with Crippen LogP contribution in [0.4, 0.5) is 0 Å². The molecule has 1 atom stereocenters. The van der Waals surface area contributed by atoms with Gasteiger partial charge >= 0.3 is 0 Å². The maximum Gasteiger partial charge on any atom is 0.115 e. The van der Waals surface area contributed by atoms with Gasteiger partial charge in [-0.15, -0.1) is 0 Å². The van der Waals surface area contributed by atoms with Gasteiger partial charge in [0.2, 0.25) is 0 Å². The number of hydrogen-bond donors (Lipinski definition) is 2. The van der Waals surface area contributed by atoms with Gasteiger partial charge in [0.15, 0.2) is 0 Å². The minimum atomic E-state index is 0.351. The highest BCUT2D eigenvalue weighted by Gasteiger charge is 2.23. The Morgan fingerprint density at radius 3 is 2.93 bits per heavy atom. The summed E-state index contributed by atoms with van der Waals surface area (Å²) in [6, 6.07) is 8.03. The second-order valence-corrected chi connectivity index (χ2v) is 4.63. The number of aromatic hydroxyl groups is 1. The molecular weight excluding hydrogens is 186 g/mol. The predicted octanol–water partition coefficient (Wildman–Crippen LogP) is 2.67. The number of nitrogens with one attached hydrogen (secondary N) is 1. The van der Waals surface area contributed by atoms with Crippen LogP contribution in [0.1, 0.15) is 31.7 Å². The van der Waals surface area contributed by atoms with Crippen molar-refractivity contribution in [3.63, 3.8) is 0 Å². The lowest BCUT2D eigenvalue weighted by Crippen LogP contribution is -2.25. The molecular formula is C13H19NO. The minimum Gasteiger partial charge on any atom is -0.508 e. The van der Waals surface area contributed by atoms with Crippen molar-refractivity contribution in [1.82, 2.24) is 5.32 Å². The van der Waals surface area contributed by atoms with Crippen LogP contribution >= 0.6 is 0 Å². The zero-order chi connectivity index (χ0) is 10.7. The highest BCUT2D eigenvalue weighted by atomic mass is 16.3. The van der Waals surface area contributed by atoms with Crippen LogP contribution in [0, 0.1) is 5.92 Å². The summed E-state index contributed by atoms with van der Waals surface area (Å²) in [4.78, 5) is 0. The summed E-state index contributed by atoms with van der Waals surface area (Å²) in [5.41, 5.74) is 1.15. The second-order valence-electron chi connectivity index (χ2n) is 4.63. The third kappa shape index (κ3) is 3.56. The number of phenols is 1. The summed E-state index contributed by atoms with van der Waals surface area (Å²) >= 11 is 0. The van der Waals surface area contributed by atoms with Crippen LogP contribution in [-0.4, -0.2) is 11.1 Å². The lowest BCUT2D eigenvalue weighted by Gasteiger charge is -2.13. The molecule has 2 nitrogen and oxygen atoms in total. The molecule has 0 aromatic heterocycles. The van der Waals surface area contributed by atoms with Gasteiger partial charge in [-0.2, -0.15) is 0 Å². The van der Waals surface area contributed by atoms with Gasteiger partial charge in [0.25, 0.3) is 0 Å². The average Bonchev–Trinajstić information content (AvgIpc) is 2.99. The van der Waals surface area contributed by atoms with E-state index in [1.165, 1.54) is 19.3 Å². The first-order chi connectivity index (χ1) is 7.24. The maximum atomic E-state index is 9.31. The summed E-state index contributed by atoms with van der Waals surface area (Å²) < 4.78 is 0. The van der Waals surface area contributed by atoms with E-state index in [9.17, 15) is 5.11 Å². The van der Waals surface area contributed by atoms with Crippen molar-refractivity contribution < 1.29 is 5.11 Å². The molecule has 1 fully saturated rings. The summed E-state index contributed by atoms with van der Waals surface area (Å²) in [5, 5.41) is 12.8. The van der Waals surface area contributed by atoms with Crippen molar-refractivity contribution in [1.29, 1.82) is 0 Å². The Morgan fingerprint density at radius 1 is 1.47 bits per heavy atom. The number of rotatable bonds is 5. The Kier molecular flexibility index (Phi) is 3.27. The van der Waals surface area contributed by atoms with Gasteiger partial charge in [-0.3, -0.25) is 0 Å². The highest BCUT2D eigenvalue weighted by Crippen LogP contribution is 2.33. The monoisotopic (exact) mass is 205 g/mol. The van der Waals surface area contributed by atoms with Gasteiger partial charge < -0.3 is 10.4 Å². The predicted molar refractivity (Wildman–Crippen MR) is 61.7 cm³/mol. The first kappa shape index (κ1) is 10.5. The summed E-state index contributed by atoms with van der Waals surface area (Å²) in [7, 11) is 0. The first-order valence-electron chi connectivity index (χ1n) is 5.75. The number of hydrogen-bond acceptors (Lipinski definition) is 2. The standard InChI is InChI=1S/C13H19NO/c1-10(7-11-5-6-11)14-9-12-3-2-4-13(15)8-12/h2-4,8,10-11,14-15H,5-7,9H2,1H3. The van der Waals surface area contributed by atoms with Gasteiger partial charge in [-0.25, -0.2) is 0 Å². The lowest BCUT2D eigenvalue weighted by molar-refractivity contribution is 0.469. The van der Waals surface area contributed by atoms with Crippen molar-refractivity contribution >= 4 is 0 Å². The zero-order valence-electron chi connectivity index (χ0n) is 9.24. The van der Waals surface area contributed by atoms with E-state index in [4.69, 9.17) is 0 Å². The van der Waals surface area contributed by atoms with Gasteiger partial charge in [0.05, 0.1) is 0 Å². The molecule has 0 radical (unpaired) electrons. The molecule has 1 aromatic rings. The summed E-state index contributed by atoms with van der Waals surface area (Å²) in [6.45, 7) is 3.09. The third-order valence-corrected chi connectivity index (χ3v) is 2.95. The van der Waals surface area contributed by atoms with Gasteiger partial charge in [-0.05, 0) is 37.0 Å². The molecule has 0 heterocycles. The molecule has 1 aromatic carbocycles. The Balaban J connectivity index is 1.76. The molecule has 0 saturated heterocycles. The Hall–Kier alpha value is -1.02. The Bertz CT molecular complexity index is 320. The number of benzene rings is 1. The molecule has 0 bridgehead atoms. The van der Waals surface area contributed by atoms with Crippen molar-refractivity contribution in [2.75, 3.05) is 0 Å². The van der Waals surface area contributed by atoms with Crippen LogP contribution in [0.25, 0.3) is 0 Å². The van der Waals surface area contributed by atoms with E-state index >= 15 is 0 Å². The molecule has 1 aliphatic rings. The lowest BCUT2D eigenvalue weighted by atomic mass is 10.1. The molecule has 2 heteroatoms. The summed E-state index contributed by atoms with van der Waals surface area (Å²) in [5.74, 6) is 1.32.